The highest BCUT2D eigenvalue weighted by atomic mass is 32.2. The van der Waals surface area contributed by atoms with Crippen molar-refractivity contribution in [2.45, 2.75) is 56.2 Å². The van der Waals surface area contributed by atoms with E-state index >= 15 is 0 Å². The monoisotopic (exact) mass is 306 g/mol. The van der Waals surface area contributed by atoms with Crippen LogP contribution in [-0.2, 0) is 12.8 Å². The van der Waals surface area contributed by atoms with E-state index in [-0.39, 0.29) is 0 Å². The van der Waals surface area contributed by atoms with Gasteiger partial charge in [-0.15, -0.1) is 0 Å². The van der Waals surface area contributed by atoms with Crippen molar-refractivity contribution in [3.63, 3.8) is 0 Å². The number of rotatable bonds is 4. The summed E-state index contributed by atoms with van der Waals surface area (Å²) in [5.41, 5.74) is 2.53. The standard InChI is InChI=1S/C16H22N2O2S/c1-21-14-8-3-2-6-13(14)18-15-11(16(19)20)9-10-5-4-7-12(10)17-15/h9,13-14H,2-8H2,1H3,(H,17,18)(H,19,20). The van der Waals surface area contributed by atoms with Crippen molar-refractivity contribution >= 4 is 23.5 Å². The van der Waals surface area contributed by atoms with Crippen LogP contribution in [0, 0.1) is 0 Å². The van der Waals surface area contributed by atoms with Gasteiger partial charge in [-0.25, -0.2) is 9.78 Å². The molecule has 0 amide bonds. The Labute approximate surface area is 129 Å². The van der Waals surface area contributed by atoms with Crippen LogP contribution >= 0.6 is 11.8 Å². The maximum Gasteiger partial charge on any atom is 0.339 e. The Bertz CT molecular complexity index is 547. The second kappa shape index (κ2) is 6.26. The first kappa shape index (κ1) is 14.7. The fourth-order valence-corrected chi connectivity index (χ4v) is 4.40. The topological polar surface area (TPSA) is 62.2 Å². The number of aryl methyl sites for hydroxylation is 2. The molecular formula is C16H22N2O2S. The predicted octanol–water partition coefficient (Wildman–Crippen LogP) is 3.35. The molecule has 2 aliphatic carbocycles. The number of carboxylic acid groups (broad SMARTS) is 1. The summed E-state index contributed by atoms with van der Waals surface area (Å²) in [5.74, 6) is -0.301. The van der Waals surface area contributed by atoms with Gasteiger partial charge in [-0.3, -0.25) is 0 Å². The van der Waals surface area contributed by atoms with Crippen LogP contribution < -0.4 is 5.32 Å². The van der Waals surface area contributed by atoms with Crippen LogP contribution in [0.25, 0.3) is 0 Å². The fraction of sp³-hybridized carbons (Fsp3) is 0.625. The van der Waals surface area contributed by atoms with Gasteiger partial charge in [0.25, 0.3) is 0 Å². The average molecular weight is 306 g/mol. The number of pyridine rings is 1. The van der Waals surface area contributed by atoms with Crippen LogP contribution in [-0.4, -0.2) is 33.6 Å². The molecule has 3 rings (SSSR count). The highest BCUT2D eigenvalue weighted by Gasteiger charge is 2.27. The maximum absolute atomic E-state index is 11.5. The fourth-order valence-electron chi connectivity index (χ4n) is 3.46. The van der Waals surface area contributed by atoms with Crippen LogP contribution in [0.2, 0.25) is 0 Å². The Balaban J connectivity index is 1.88. The van der Waals surface area contributed by atoms with E-state index in [9.17, 15) is 9.90 Å². The molecule has 0 radical (unpaired) electrons. The lowest BCUT2D eigenvalue weighted by Crippen LogP contribution is -2.35. The lowest BCUT2D eigenvalue weighted by atomic mass is 9.94. The molecule has 114 valence electrons. The van der Waals surface area contributed by atoms with Crippen LogP contribution in [0.15, 0.2) is 6.07 Å². The first-order valence-electron chi connectivity index (χ1n) is 7.74. The highest BCUT2D eigenvalue weighted by molar-refractivity contribution is 7.99. The minimum absolute atomic E-state index is 0.332. The van der Waals surface area contributed by atoms with Gasteiger partial charge in [0.15, 0.2) is 0 Å². The van der Waals surface area contributed by atoms with Gasteiger partial charge < -0.3 is 10.4 Å². The summed E-state index contributed by atoms with van der Waals surface area (Å²) in [6.45, 7) is 0. The van der Waals surface area contributed by atoms with Gasteiger partial charge in [0.1, 0.15) is 11.4 Å². The van der Waals surface area contributed by atoms with Crippen LogP contribution in [0.4, 0.5) is 5.82 Å². The molecule has 4 nitrogen and oxygen atoms in total. The first-order valence-corrected chi connectivity index (χ1v) is 9.03. The van der Waals surface area contributed by atoms with E-state index in [4.69, 9.17) is 0 Å². The van der Waals surface area contributed by atoms with Gasteiger partial charge in [0, 0.05) is 17.0 Å². The number of nitrogens with one attached hydrogen (secondary N) is 1. The number of anilines is 1. The highest BCUT2D eigenvalue weighted by Crippen LogP contribution is 2.31. The summed E-state index contributed by atoms with van der Waals surface area (Å²) < 4.78 is 0. The zero-order valence-corrected chi connectivity index (χ0v) is 13.2. The third-order valence-corrected chi connectivity index (χ3v) is 5.78. The second-order valence-corrected chi connectivity index (χ2v) is 7.04. The Hall–Kier alpha value is -1.23. The minimum atomic E-state index is -0.879. The smallest absolute Gasteiger partial charge is 0.339 e. The number of aromatic carboxylic acids is 1. The van der Waals surface area contributed by atoms with E-state index < -0.39 is 5.97 Å². The van der Waals surface area contributed by atoms with E-state index in [0.29, 0.717) is 22.7 Å². The lowest BCUT2D eigenvalue weighted by Gasteiger charge is -2.31. The average Bonchev–Trinajstić information content (AvgIpc) is 2.94. The molecule has 0 aromatic carbocycles. The van der Waals surface area contributed by atoms with Crippen molar-refractivity contribution in [1.82, 2.24) is 4.98 Å². The molecule has 5 heteroatoms. The van der Waals surface area contributed by atoms with E-state index in [1.807, 2.05) is 17.8 Å². The molecule has 1 aromatic heterocycles. The van der Waals surface area contributed by atoms with Crippen LogP contribution in [0.3, 0.4) is 0 Å². The quantitative estimate of drug-likeness (QED) is 0.893. The Morgan fingerprint density at radius 1 is 1.33 bits per heavy atom. The molecule has 1 heterocycles. The van der Waals surface area contributed by atoms with E-state index in [0.717, 1.165) is 36.9 Å². The van der Waals surface area contributed by atoms with Crippen molar-refractivity contribution in [3.05, 3.63) is 22.9 Å². The molecule has 1 aromatic rings. The van der Waals surface area contributed by atoms with Gasteiger partial charge in [0.05, 0.1) is 0 Å². The molecule has 0 bridgehead atoms. The molecule has 2 unspecified atom stereocenters. The number of carbonyl (C=O) groups is 1. The molecule has 2 aliphatic rings. The molecule has 1 fully saturated rings. The van der Waals surface area contributed by atoms with Crippen molar-refractivity contribution in [2.24, 2.45) is 0 Å². The number of thioether (sulfide) groups is 1. The van der Waals surface area contributed by atoms with E-state index in [2.05, 4.69) is 16.6 Å². The second-order valence-electron chi connectivity index (χ2n) is 5.96. The van der Waals surface area contributed by atoms with Gasteiger partial charge in [0.2, 0.25) is 0 Å². The predicted molar refractivity (Wildman–Crippen MR) is 86.4 cm³/mol. The summed E-state index contributed by atoms with van der Waals surface area (Å²) in [7, 11) is 0. The third-order valence-electron chi connectivity index (χ3n) is 4.61. The van der Waals surface area contributed by atoms with Gasteiger partial charge in [-0.2, -0.15) is 11.8 Å². The Morgan fingerprint density at radius 3 is 2.90 bits per heavy atom. The van der Waals surface area contributed by atoms with Crippen molar-refractivity contribution in [3.8, 4) is 0 Å². The molecule has 1 saturated carbocycles. The summed E-state index contributed by atoms with van der Waals surface area (Å²) in [4.78, 5) is 16.2. The lowest BCUT2D eigenvalue weighted by molar-refractivity contribution is 0.0697. The van der Waals surface area contributed by atoms with Gasteiger partial charge >= 0.3 is 5.97 Å². The molecule has 0 aliphatic heterocycles. The first-order chi connectivity index (χ1) is 10.2. The summed E-state index contributed by atoms with van der Waals surface area (Å²) >= 11 is 1.88. The number of carboxylic acids is 1. The molecule has 0 spiro atoms. The zero-order chi connectivity index (χ0) is 14.8. The van der Waals surface area contributed by atoms with Crippen LogP contribution in [0.5, 0.6) is 0 Å². The Morgan fingerprint density at radius 2 is 2.14 bits per heavy atom. The summed E-state index contributed by atoms with van der Waals surface area (Å²) in [6, 6.07) is 2.16. The maximum atomic E-state index is 11.5. The normalized spacial score (nSPS) is 24.6. The molecule has 2 atom stereocenters. The molecule has 21 heavy (non-hydrogen) atoms. The number of hydrogen-bond donors (Lipinski definition) is 2. The van der Waals surface area contributed by atoms with Gasteiger partial charge in [-0.05, 0) is 50.0 Å². The molecule has 2 N–H and O–H groups in total. The van der Waals surface area contributed by atoms with Crippen LogP contribution in [0.1, 0.15) is 53.7 Å². The zero-order valence-electron chi connectivity index (χ0n) is 12.4. The number of fused-ring (bicyclic) bond motifs is 1. The number of nitrogens with zero attached hydrogens (tertiary/aromatic N) is 1. The van der Waals surface area contributed by atoms with Crippen molar-refractivity contribution < 1.29 is 9.90 Å². The molecular weight excluding hydrogens is 284 g/mol. The number of aromatic nitrogens is 1. The number of hydrogen-bond acceptors (Lipinski definition) is 4. The van der Waals surface area contributed by atoms with Crippen molar-refractivity contribution in [2.75, 3.05) is 11.6 Å². The van der Waals surface area contributed by atoms with E-state index in [1.165, 1.54) is 19.3 Å². The van der Waals surface area contributed by atoms with Gasteiger partial charge in [-0.1, -0.05) is 12.8 Å². The largest absolute Gasteiger partial charge is 0.478 e. The van der Waals surface area contributed by atoms with E-state index in [1.54, 1.807) is 0 Å². The third kappa shape index (κ3) is 3.03. The Kier molecular flexibility index (Phi) is 4.38. The minimum Gasteiger partial charge on any atom is -0.478 e. The SMILES string of the molecule is CSC1CCCCC1Nc1nc2c(cc1C(=O)O)CCC2. The van der Waals surface area contributed by atoms with Crippen molar-refractivity contribution in [1.29, 1.82) is 0 Å². The molecule has 0 saturated heterocycles. The summed E-state index contributed by atoms with van der Waals surface area (Å²) in [6.07, 6.45) is 9.94. The summed E-state index contributed by atoms with van der Waals surface area (Å²) in [5, 5.41) is 13.5.